The zero-order valence-corrected chi connectivity index (χ0v) is 21.4. The van der Waals surface area contributed by atoms with Crippen LogP contribution in [0.5, 0.6) is 0 Å². The molecule has 2 aliphatic rings. The largest absolute Gasteiger partial charge is 0.440 e. The fraction of sp³-hybridized carbons (Fsp3) is 0.300. The molecule has 2 aromatic heterocycles. The average molecular weight is 513 g/mol. The molecular weight excluding hydrogens is 484 g/mol. The highest BCUT2D eigenvalue weighted by molar-refractivity contribution is 7.26. The summed E-state index contributed by atoms with van der Waals surface area (Å²) < 4.78 is 20.1. The second kappa shape index (κ2) is 9.58. The fourth-order valence-corrected chi connectivity index (χ4v) is 6.84. The molecular formula is C30H28N2O4S. The predicted molar refractivity (Wildman–Crippen MR) is 150 cm³/mol. The third-order valence-electron chi connectivity index (χ3n) is 7.46. The first-order valence-electron chi connectivity index (χ1n) is 12.9. The summed E-state index contributed by atoms with van der Waals surface area (Å²) in [6, 6.07) is 20.6. The molecule has 5 aromatic rings. The summed E-state index contributed by atoms with van der Waals surface area (Å²) in [6.07, 6.45) is 0. The quantitative estimate of drug-likeness (QED) is 0.317. The van der Waals surface area contributed by atoms with Crippen molar-refractivity contribution in [2.75, 3.05) is 57.5 Å². The number of anilines is 1. The van der Waals surface area contributed by atoms with E-state index in [0.29, 0.717) is 43.2 Å². The van der Waals surface area contributed by atoms with Crippen LogP contribution in [-0.2, 0) is 16.0 Å². The van der Waals surface area contributed by atoms with Gasteiger partial charge in [0.05, 0.1) is 31.8 Å². The lowest BCUT2D eigenvalue weighted by atomic mass is 9.97. The molecule has 2 saturated heterocycles. The molecule has 0 bridgehead atoms. The predicted octanol–water partition coefficient (Wildman–Crippen LogP) is 5.50. The van der Waals surface area contributed by atoms with Crippen LogP contribution < -0.4 is 10.3 Å². The van der Waals surface area contributed by atoms with E-state index in [1.165, 1.54) is 25.7 Å². The second-order valence-corrected chi connectivity index (χ2v) is 10.7. The van der Waals surface area contributed by atoms with E-state index in [-0.39, 0.29) is 5.43 Å². The average Bonchev–Trinajstić information content (AvgIpc) is 3.34. The summed E-state index contributed by atoms with van der Waals surface area (Å²) in [4.78, 5) is 17.7. The van der Waals surface area contributed by atoms with Crippen molar-refractivity contribution in [1.29, 1.82) is 0 Å². The Kier molecular flexibility index (Phi) is 5.93. The van der Waals surface area contributed by atoms with E-state index < -0.39 is 0 Å². The van der Waals surface area contributed by atoms with Crippen molar-refractivity contribution < 1.29 is 13.9 Å². The van der Waals surface area contributed by atoms with Crippen molar-refractivity contribution in [1.82, 2.24) is 4.90 Å². The lowest BCUT2D eigenvalue weighted by molar-refractivity contribution is 0.0344. The zero-order chi connectivity index (χ0) is 24.8. The molecule has 0 atom stereocenters. The normalized spacial score (nSPS) is 17.2. The minimum atomic E-state index is -0.0129. The van der Waals surface area contributed by atoms with Crippen molar-refractivity contribution >= 4 is 48.4 Å². The lowest BCUT2D eigenvalue weighted by Gasteiger charge is -2.27. The number of fused-ring (bicyclic) bond motifs is 4. The molecule has 7 rings (SSSR count). The Morgan fingerprint density at radius 2 is 1.54 bits per heavy atom. The summed E-state index contributed by atoms with van der Waals surface area (Å²) in [5.41, 5.74) is 4.03. The van der Waals surface area contributed by atoms with Gasteiger partial charge in [-0.2, -0.15) is 0 Å². The molecule has 2 fully saturated rings. The molecule has 0 aliphatic carbocycles. The van der Waals surface area contributed by atoms with Crippen LogP contribution in [0.1, 0.15) is 5.56 Å². The first kappa shape index (κ1) is 22.9. The van der Waals surface area contributed by atoms with Crippen molar-refractivity contribution in [3.63, 3.8) is 0 Å². The number of morpholine rings is 2. The molecule has 2 aliphatic heterocycles. The van der Waals surface area contributed by atoms with Gasteiger partial charge in [-0.05, 0) is 17.7 Å². The third-order valence-corrected chi connectivity index (χ3v) is 8.67. The number of para-hydroxylation sites is 1. The van der Waals surface area contributed by atoms with Crippen LogP contribution in [0.3, 0.4) is 0 Å². The fourth-order valence-electron chi connectivity index (χ4n) is 5.56. The highest BCUT2D eigenvalue weighted by Crippen LogP contribution is 2.43. The Hall–Kier alpha value is -3.23. The molecule has 0 N–H and O–H groups in total. The first-order chi connectivity index (χ1) is 18.3. The van der Waals surface area contributed by atoms with Gasteiger partial charge in [0.2, 0.25) is 0 Å². The van der Waals surface area contributed by atoms with Gasteiger partial charge in [0.25, 0.3) is 0 Å². The molecule has 0 unspecified atom stereocenters. The van der Waals surface area contributed by atoms with Crippen LogP contribution in [0.2, 0.25) is 0 Å². The Balaban J connectivity index is 1.43. The van der Waals surface area contributed by atoms with Gasteiger partial charge in [-0.15, -0.1) is 11.3 Å². The molecule has 0 saturated carbocycles. The molecule has 0 spiro atoms. The van der Waals surface area contributed by atoms with E-state index in [0.717, 1.165) is 44.0 Å². The molecule has 7 heteroatoms. The van der Waals surface area contributed by atoms with Gasteiger partial charge in [0, 0.05) is 70.1 Å². The third kappa shape index (κ3) is 4.12. The van der Waals surface area contributed by atoms with Gasteiger partial charge in [-0.1, -0.05) is 42.5 Å². The number of hydrogen-bond donors (Lipinski definition) is 0. The number of hydrogen-bond acceptors (Lipinski definition) is 7. The first-order valence-corrected chi connectivity index (χ1v) is 13.7. The SMILES string of the molecule is O=c1cc(N2CCOCC2)oc2c(-c3ccc(CN4CCOCC4)c4c3sc3ccccc34)cccc12. The van der Waals surface area contributed by atoms with Gasteiger partial charge in [-0.3, -0.25) is 9.69 Å². The molecule has 6 nitrogen and oxygen atoms in total. The van der Waals surface area contributed by atoms with Crippen molar-refractivity contribution in [2.45, 2.75) is 6.54 Å². The Labute approximate surface area is 218 Å². The van der Waals surface area contributed by atoms with E-state index in [9.17, 15) is 4.79 Å². The van der Waals surface area contributed by atoms with Crippen molar-refractivity contribution in [3.8, 4) is 11.1 Å². The van der Waals surface area contributed by atoms with Crippen LogP contribution in [0, 0.1) is 0 Å². The molecule has 188 valence electrons. The van der Waals surface area contributed by atoms with E-state index >= 15 is 0 Å². The summed E-state index contributed by atoms with van der Waals surface area (Å²) in [5, 5.41) is 3.19. The second-order valence-electron chi connectivity index (χ2n) is 9.69. The number of rotatable bonds is 4. The van der Waals surface area contributed by atoms with E-state index in [2.05, 4.69) is 52.3 Å². The molecule has 37 heavy (non-hydrogen) atoms. The number of ether oxygens (including phenoxy) is 2. The standard InChI is InChI=1S/C30H28N2O4S/c33-25-18-27(32-12-16-35-17-13-32)36-29-21(5-3-6-23(25)29)22-9-8-20(19-31-10-14-34-15-11-31)28-24-4-1-2-7-26(24)37-30(22)28/h1-9,18H,10-17,19H2. The summed E-state index contributed by atoms with van der Waals surface area (Å²) in [5.74, 6) is 0.616. The smallest absolute Gasteiger partial charge is 0.200 e. The maximum atomic E-state index is 13.2. The van der Waals surface area contributed by atoms with E-state index in [4.69, 9.17) is 13.9 Å². The maximum absolute atomic E-state index is 13.2. The lowest BCUT2D eigenvalue weighted by Crippen LogP contribution is -2.36. The highest BCUT2D eigenvalue weighted by atomic mass is 32.1. The van der Waals surface area contributed by atoms with Crippen LogP contribution in [-0.4, -0.2) is 57.5 Å². The zero-order valence-electron chi connectivity index (χ0n) is 20.6. The van der Waals surface area contributed by atoms with Gasteiger partial charge < -0.3 is 18.8 Å². The van der Waals surface area contributed by atoms with Crippen LogP contribution >= 0.6 is 11.3 Å². The van der Waals surface area contributed by atoms with Crippen LogP contribution in [0.25, 0.3) is 42.3 Å². The Morgan fingerprint density at radius 3 is 2.38 bits per heavy atom. The number of thiophene rings is 1. The molecule has 3 aromatic carbocycles. The molecule has 0 amide bonds. The van der Waals surface area contributed by atoms with Gasteiger partial charge in [0.1, 0.15) is 5.58 Å². The van der Waals surface area contributed by atoms with Gasteiger partial charge in [-0.25, -0.2) is 0 Å². The van der Waals surface area contributed by atoms with Gasteiger partial charge >= 0.3 is 0 Å². The minimum Gasteiger partial charge on any atom is -0.440 e. The van der Waals surface area contributed by atoms with Crippen molar-refractivity contribution in [3.05, 3.63) is 76.5 Å². The summed E-state index contributed by atoms with van der Waals surface area (Å²) >= 11 is 1.81. The summed E-state index contributed by atoms with van der Waals surface area (Å²) in [6.45, 7) is 7.06. The topological polar surface area (TPSA) is 55.2 Å². The molecule has 0 radical (unpaired) electrons. The highest BCUT2D eigenvalue weighted by Gasteiger charge is 2.21. The minimum absolute atomic E-state index is 0.0129. The van der Waals surface area contributed by atoms with Crippen LogP contribution in [0.15, 0.2) is 69.9 Å². The number of nitrogens with zero attached hydrogens (tertiary/aromatic N) is 2. The Bertz CT molecular complexity index is 1660. The molecule has 4 heterocycles. The van der Waals surface area contributed by atoms with E-state index in [1.54, 1.807) is 6.07 Å². The Morgan fingerprint density at radius 1 is 0.784 bits per heavy atom. The summed E-state index contributed by atoms with van der Waals surface area (Å²) in [7, 11) is 0. The maximum Gasteiger partial charge on any atom is 0.200 e. The van der Waals surface area contributed by atoms with E-state index in [1.807, 2.05) is 23.5 Å². The number of benzene rings is 3. The monoisotopic (exact) mass is 512 g/mol. The van der Waals surface area contributed by atoms with Crippen molar-refractivity contribution in [2.24, 2.45) is 0 Å². The van der Waals surface area contributed by atoms with Crippen LogP contribution in [0.4, 0.5) is 5.88 Å². The van der Waals surface area contributed by atoms with Gasteiger partial charge in [0.15, 0.2) is 11.3 Å².